The van der Waals surface area contributed by atoms with Crippen molar-refractivity contribution in [3.63, 3.8) is 0 Å². The van der Waals surface area contributed by atoms with Gasteiger partial charge < -0.3 is 29.2 Å². The average molecular weight is 428 g/mol. The Hall–Kier alpha value is -3.24. The Kier molecular flexibility index (Phi) is 16.1. The molecule has 0 bridgehead atoms. The molecule has 0 radical (unpaired) electrons. The molecule has 0 aliphatic heterocycles. The molecule has 0 aromatic heterocycles. The van der Waals surface area contributed by atoms with Gasteiger partial charge in [-0.15, -0.1) is 0 Å². The molecule has 0 saturated carbocycles. The average Bonchev–Trinajstić information content (AvgIpc) is 2.76. The quantitative estimate of drug-likeness (QED) is 0.238. The summed E-state index contributed by atoms with van der Waals surface area (Å²) in [5, 5.41) is 17.7. The molecular formula is C20H28O10. The van der Waals surface area contributed by atoms with Gasteiger partial charge >= 0.3 is 23.9 Å². The third-order valence-corrected chi connectivity index (χ3v) is 3.07. The highest BCUT2D eigenvalue weighted by Crippen LogP contribution is 2.19. The van der Waals surface area contributed by atoms with Crippen molar-refractivity contribution in [2.45, 2.75) is 6.92 Å². The Morgan fingerprint density at radius 3 is 1.40 bits per heavy atom. The monoisotopic (exact) mass is 428 g/mol. The van der Waals surface area contributed by atoms with Gasteiger partial charge in [0.1, 0.15) is 26.4 Å². The Bertz CT molecular complexity index is 576. The van der Waals surface area contributed by atoms with Crippen molar-refractivity contribution in [3.8, 4) is 0 Å². The summed E-state index contributed by atoms with van der Waals surface area (Å²) in [6.45, 7) is 13.0. The summed E-state index contributed by atoms with van der Waals surface area (Å²) in [6, 6.07) is 0. The van der Waals surface area contributed by atoms with Crippen LogP contribution in [-0.2, 0) is 38.1 Å². The molecule has 0 unspecified atom stereocenters. The zero-order valence-corrected chi connectivity index (χ0v) is 17.0. The molecule has 0 spiro atoms. The fourth-order valence-corrected chi connectivity index (χ4v) is 1.37. The van der Waals surface area contributed by atoms with Crippen molar-refractivity contribution >= 4 is 23.9 Å². The second kappa shape index (κ2) is 16.7. The van der Waals surface area contributed by atoms with Crippen LogP contribution in [-0.4, -0.2) is 73.7 Å². The van der Waals surface area contributed by atoms with E-state index in [0.29, 0.717) is 5.57 Å². The number of aliphatic hydroxyl groups is 2. The number of rotatable bonds is 13. The van der Waals surface area contributed by atoms with Crippen LogP contribution < -0.4 is 0 Å². The van der Waals surface area contributed by atoms with Gasteiger partial charge in [-0.25, -0.2) is 19.2 Å². The minimum Gasteiger partial charge on any atom is -0.462 e. The second-order valence-electron chi connectivity index (χ2n) is 5.73. The molecule has 0 saturated heterocycles. The Labute approximate surface area is 175 Å². The fourth-order valence-electron chi connectivity index (χ4n) is 1.37. The molecule has 0 aliphatic rings. The van der Waals surface area contributed by atoms with Crippen LogP contribution in [0.1, 0.15) is 6.92 Å². The Balaban J connectivity index is 0. The number of carbonyl (C=O) groups excluding carboxylic acids is 4. The van der Waals surface area contributed by atoms with Gasteiger partial charge in [-0.2, -0.15) is 0 Å². The SMILES string of the molecule is C=C(C)C(=O)OCCO.C=CC(=O)OCC(CO)(COC(=O)C=C)COC(=O)C=C. The van der Waals surface area contributed by atoms with Crippen LogP contribution in [0.3, 0.4) is 0 Å². The van der Waals surface area contributed by atoms with Crippen molar-refractivity contribution in [3.05, 3.63) is 50.1 Å². The van der Waals surface area contributed by atoms with Crippen LogP contribution in [0.4, 0.5) is 0 Å². The zero-order chi connectivity index (χ0) is 23.6. The Morgan fingerprint density at radius 1 is 0.800 bits per heavy atom. The van der Waals surface area contributed by atoms with E-state index in [1.807, 2.05) is 0 Å². The van der Waals surface area contributed by atoms with Crippen LogP contribution in [0.2, 0.25) is 0 Å². The lowest BCUT2D eigenvalue weighted by atomic mass is 9.92. The first-order valence-corrected chi connectivity index (χ1v) is 8.53. The number of carbonyl (C=O) groups is 4. The van der Waals surface area contributed by atoms with E-state index in [1.165, 1.54) is 0 Å². The molecule has 10 nitrogen and oxygen atoms in total. The molecule has 0 aromatic carbocycles. The molecule has 0 aliphatic carbocycles. The minimum absolute atomic E-state index is 0.0473. The molecule has 0 rings (SSSR count). The lowest BCUT2D eigenvalue weighted by Crippen LogP contribution is -2.42. The van der Waals surface area contributed by atoms with Gasteiger partial charge in [-0.05, 0) is 6.92 Å². The molecule has 10 heteroatoms. The summed E-state index contributed by atoms with van der Waals surface area (Å²) >= 11 is 0. The molecule has 0 heterocycles. The van der Waals surface area contributed by atoms with Gasteiger partial charge in [0.25, 0.3) is 0 Å². The van der Waals surface area contributed by atoms with E-state index >= 15 is 0 Å². The molecule has 30 heavy (non-hydrogen) atoms. The van der Waals surface area contributed by atoms with Gasteiger partial charge in [0.05, 0.1) is 18.6 Å². The van der Waals surface area contributed by atoms with Gasteiger partial charge in [-0.1, -0.05) is 26.3 Å². The summed E-state index contributed by atoms with van der Waals surface area (Å²) in [6.07, 6.45) is 2.81. The highest BCUT2D eigenvalue weighted by molar-refractivity contribution is 5.86. The number of ether oxygens (including phenoxy) is 4. The third-order valence-electron chi connectivity index (χ3n) is 3.07. The summed E-state index contributed by atoms with van der Waals surface area (Å²) in [7, 11) is 0. The van der Waals surface area contributed by atoms with Crippen molar-refractivity contribution in [1.82, 2.24) is 0 Å². The molecule has 0 aromatic rings. The first-order valence-electron chi connectivity index (χ1n) is 8.53. The summed E-state index contributed by atoms with van der Waals surface area (Å²) in [4.78, 5) is 43.7. The van der Waals surface area contributed by atoms with Crippen molar-refractivity contribution in [2.75, 3.05) is 39.6 Å². The number of aliphatic hydroxyl groups excluding tert-OH is 2. The summed E-state index contributed by atoms with van der Waals surface area (Å²) < 4.78 is 18.9. The first-order chi connectivity index (χ1) is 14.1. The number of hydrogen-bond donors (Lipinski definition) is 2. The van der Waals surface area contributed by atoms with Crippen molar-refractivity contribution in [1.29, 1.82) is 0 Å². The van der Waals surface area contributed by atoms with Crippen molar-refractivity contribution in [2.24, 2.45) is 5.41 Å². The van der Waals surface area contributed by atoms with Crippen LogP contribution in [0.5, 0.6) is 0 Å². The van der Waals surface area contributed by atoms with Crippen LogP contribution in [0, 0.1) is 5.41 Å². The minimum atomic E-state index is -1.28. The van der Waals surface area contributed by atoms with E-state index in [1.54, 1.807) is 6.92 Å². The molecule has 0 fully saturated rings. The molecular weight excluding hydrogens is 400 g/mol. The van der Waals surface area contributed by atoms with E-state index in [9.17, 15) is 24.3 Å². The van der Waals surface area contributed by atoms with Crippen LogP contribution in [0.25, 0.3) is 0 Å². The predicted octanol–water partition coefficient (Wildman–Crippen LogP) is 0.251. The standard InChI is InChI=1S/C14H18O7.C6H10O3/c1-4-11(16)19-8-14(7-15,9-20-12(17)5-2)10-21-13(18)6-3;1-5(2)6(8)9-4-3-7/h4-6,15H,1-3,7-10H2;7H,1,3-4H2,2H3. The van der Waals surface area contributed by atoms with E-state index in [4.69, 9.17) is 19.3 Å². The predicted molar refractivity (Wildman–Crippen MR) is 106 cm³/mol. The third kappa shape index (κ3) is 13.9. The van der Waals surface area contributed by atoms with E-state index < -0.39 is 35.9 Å². The zero-order valence-electron chi connectivity index (χ0n) is 17.0. The van der Waals surface area contributed by atoms with Crippen LogP contribution >= 0.6 is 0 Å². The fraction of sp³-hybridized carbons (Fsp3) is 0.400. The lowest BCUT2D eigenvalue weighted by Gasteiger charge is -2.29. The van der Waals surface area contributed by atoms with E-state index in [0.717, 1.165) is 18.2 Å². The first kappa shape index (κ1) is 29.0. The largest absolute Gasteiger partial charge is 0.462 e. The van der Waals surface area contributed by atoms with E-state index in [-0.39, 0.29) is 33.0 Å². The smallest absolute Gasteiger partial charge is 0.333 e. The van der Waals surface area contributed by atoms with Gasteiger partial charge in [0.15, 0.2) is 0 Å². The van der Waals surface area contributed by atoms with Crippen molar-refractivity contribution < 1.29 is 48.3 Å². The Morgan fingerprint density at radius 2 is 1.17 bits per heavy atom. The molecule has 168 valence electrons. The number of esters is 4. The van der Waals surface area contributed by atoms with Crippen LogP contribution in [0.15, 0.2) is 50.1 Å². The maximum atomic E-state index is 11.1. The molecule has 2 N–H and O–H groups in total. The topological polar surface area (TPSA) is 146 Å². The summed E-state index contributed by atoms with van der Waals surface area (Å²) in [5.74, 6) is -2.63. The maximum Gasteiger partial charge on any atom is 0.333 e. The highest BCUT2D eigenvalue weighted by atomic mass is 16.6. The number of hydrogen-bond acceptors (Lipinski definition) is 10. The molecule has 0 atom stereocenters. The van der Waals surface area contributed by atoms with E-state index in [2.05, 4.69) is 31.1 Å². The normalized spacial score (nSPS) is 9.70. The molecule has 0 amide bonds. The highest BCUT2D eigenvalue weighted by Gasteiger charge is 2.35. The second-order valence-corrected chi connectivity index (χ2v) is 5.73. The maximum absolute atomic E-state index is 11.1. The van der Waals surface area contributed by atoms with Gasteiger partial charge in [0.2, 0.25) is 0 Å². The lowest BCUT2D eigenvalue weighted by molar-refractivity contribution is -0.159. The summed E-state index contributed by atoms with van der Waals surface area (Å²) in [5.41, 5.74) is -0.931. The van der Waals surface area contributed by atoms with Gasteiger partial charge in [0, 0.05) is 23.8 Å². The van der Waals surface area contributed by atoms with Gasteiger partial charge in [-0.3, -0.25) is 0 Å².